The standard InChI is InChI=1S/C15H17NO3S2/c1-18-12-4-3-10(7-13(12)19-2)5-6-16-15(17)14-8-11(20)9-21-14/h3-4,7-9,20H,5-6H2,1-2H3,(H,16,17). The number of carbonyl (C=O) groups is 1. The van der Waals surface area contributed by atoms with Crippen LogP contribution in [0, 0.1) is 0 Å². The lowest BCUT2D eigenvalue weighted by Crippen LogP contribution is -2.24. The van der Waals surface area contributed by atoms with Gasteiger partial charge in [0.05, 0.1) is 19.1 Å². The van der Waals surface area contributed by atoms with Crippen LogP contribution in [0.25, 0.3) is 0 Å². The molecule has 0 unspecified atom stereocenters. The van der Waals surface area contributed by atoms with Crippen molar-refractivity contribution in [2.75, 3.05) is 20.8 Å². The summed E-state index contributed by atoms with van der Waals surface area (Å²) < 4.78 is 10.5. The average molecular weight is 323 g/mol. The van der Waals surface area contributed by atoms with E-state index < -0.39 is 0 Å². The van der Waals surface area contributed by atoms with Crippen molar-refractivity contribution in [1.82, 2.24) is 5.32 Å². The molecule has 6 heteroatoms. The topological polar surface area (TPSA) is 47.6 Å². The summed E-state index contributed by atoms with van der Waals surface area (Å²) in [4.78, 5) is 13.4. The largest absolute Gasteiger partial charge is 0.493 e. The lowest BCUT2D eigenvalue weighted by molar-refractivity contribution is 0.0958. The van der Waals surface area contributed by atoms with Gasteiger partial charge >= 0.3 is 0 Å². The molecule has 1 aromatic carbocycles. The minimum Gasteiger partial charge on any atom is -0.493 e. The normalized spacial score (nSPS) is 10.2. The second kappa shape index (κ2) is 7.38. The molecule has 0 spiro atoms. The molecule has 1 N–H and O–H groups in total. The summed E-state index contributed by atoms with van der Waals surface area (Å²) in [5.41, 5.74) is 1.08. The van der Waals surface area contributed by atoms with Crippen LogP contribution in [0.5, 0.6) is 11.5 Å². The Balaban J connectivity index is 1.90. The summed E-state index contributed by atoms with van der Waals surface area (Å²) in [5.74, 6) is 1.32. The van der Waals surface area contributed by atoms with Gasteiger partial charge in [0.25, 0.3) is 5.91 Å². The van der Waals surface area contributed by atoms with Crippen molar-refractivity contribution in [3.05, 3.63) is 40.1 Å². The zero-order valence-corrected chi connectivity index (χ0v) is 13.6. The van der Waals surface area contributed by atoms with Crippen LogP contribution in [0.3, 0.4) is 0 Å². The molecular formula is C15H17NO3S2. The fourth-order valence-electron chi connectivity index (χ4n) is 1.89. The van der Waals surface area contributed by atoms with Gasteiger partial charge in [0, 0.05) is 16.8 Å². The molecule has 0 saturated heterocycles. The van der Waals surface area contributed by atoms with Crippen LogP contribution in [0.4, 0.5) is 0 Å². The second-order valence-electron chi connectivity index (χ2n) is 4.36. The van der Waals surface area contributed by atoms with E-state index in [4.69, 9.17) is 9.47 Å². The third-order valence-corrected chi connectivity index (χ3v) is 4.32. The molecule has 0 aliphatic carbocycles. The van der Waals surface area contributed by atoms with E-state index in [0.29, 0.717) is 22.9 Å². The van der Waals surface area contributed by atoms with Gasteiger partial charge < -0.3 is 14.8 Å². The fourth-order valence-corrected chi connectivity index (χ4v) is 2.95. The fraction of sp³-hybridized carbons (Fsp3) is 0.267. The molecule has 0 radical (unpaired) electrons. The van der Waals surface area contributed by atoms with E-state index in [2.05, 4.69) is 17.9 Å². The molecule has 4 nitrogen and oxygen atoms in total. The summed E-state index contributed by atoms with van der Waals surface area (Å²) >= 11 is 5.58. The number of benzene rings is 1. The number of ether oxygens (including phenoxy) is 2. The Morgan fingerprint density at radius 3 is 2.62 bits per heavy atom. The zero-order chi connectivity index (χ0) is 15.2. The van der Waals surface area contributed by atoms with Gasteiger partial charge in [-0.3, -0.25) is 4.79 Å². The summed E-state index contributed by atoms with van der Waals surface area (Å²) in [6.07, 6.45) is 0.727. The number of thiophene rings is 1. The summed E-state index contributed by atoms with van der Waals surface area (Å²) in [6, 6.07) is 7.51. The maximum absolute atomic E-state index is 11.9. The Morgan fingerprint density at radius 2 is 2.00 bits per heavy atom. The second-order valence-corrected chi connectivity index (χ2v) is 5.79. The van der Waals surface area contributed by atoms with Crippen molar-refractivity contribution in [2.24, 2.45) is 0 Å². The van der Waals surface area contributed by atoms with Gasteiger partial charge in [-0.05, 0) is 30.2 Å². The third-order valence-electron chi connectivity index (χ3n) is 2.96. The highest BCUT2D eigenvalue weighted by Crippen LogP contribution is 2.27. The predicted molar refractivity (Wildman–Crippen MR) is 87.2 cm³/mol. The van der Waals surface area contributed by atoms with Crippen LogP contribution in [-0.4, -0.2) is 26.7 Å². The minimum absolute atomic E-state index is 0.0687. The molecular weight excluding hydrogens is 306 g/mol. The molecule has 0 aliphatic heterocycles. The number of rotatable bonds is 6. The lowest BCUT2D eigenvalue weighted by atomic mass is 10.1. The maximum atomic E-state index is 11.9. The quantitative estimate of drug-likeness (QED) is 0.803. The Kier molecular flexibility index (Phi) is 5.52. The van der Waals surface area contributed by atoms with Crippen LogP contribution >= 0.6 is 24.0 Å². The Bertz CT molecular complexity index is 625. The Labute approximate surface area is 133 Å². The molecule has 2 rings (SSSR count). The van der Waals surface area contributed by atoms with E-state index >= 15 is 0 Å². The highest BCUT2D eigenvalue weighted by atomic mass is 32.1. The summed E-state index contributed by atoms with van der Waals surface area (Å²) in [6.45, 7) is 0.564. The molecule has 0 fully saturated rings. The first-order valence-electron chi connectivity index (χ1n) is 6.40. The zero-order valence-electron chi connectivity index (χ0n) is 11.9. The lowest BCUT2D eigenvalue weighted by Gasteiger charge is -2.10. The van der Waals surface area contributed by atoms with Crippen molar-refractivity contribution < 1.29 is 14.3 Å². The van der Waals surface area contributed by atoms with E-state index in [0.717, 1.165) is 16.9 Å². The molecule has 0 saturated carbocycles. The molecule has 1 amide bonds. The Hall–Kier alpha value is -1.66. The molecule has 21 heavy (non-hydrogen) atoms. The van der Waals surface area contributed by atoms with Crippen molar-refractivity contribution in [3.63, 3.8) is 0 Å². The van der Waals surface area contributed by atoms with Crippen molar-refractivity contribution in [1.29, 1.82) is 0 Å². The van der Waals surface area contributed by atoms with Crippen LogP contribution in [0.1, 0.15) is 15.2 Å². The number of hydrogen-bond acceptors (Lipinski definition) is 5. The first-order chi connectivity index (χ1) is 10.1. The number of thiol groups is 1. The van der Waals surface area contributed by atoms with E-state index in [1.54, 1.807) is 20.3 Å². The number of carbonyl (C=O) groups excluding carboxylic acids is 1. The average Bonchev–Trinajstić information content (AvgIpc) is 2.93. The number of nitrogens with one attached hydrogen (secondary N) is 1. The van der Waals surface area contributed by atoms with Crippen molar-refractivity contribution in [2.45, 2.75) is 11.3 Å². The van der Waals surface area contributed by atoms with Gasteiger partial charge in [-0.2, -0.15) is 0 Å². The van der Waals surface area contributed by atoms with Gasteiger partial charge in [0.1, 0.15) is 0 Å². The van der Waals surface area contributed by atoms with E-state index in [1.807, 2.05) is 23.6 Å². The molecule has 0 aliphatic rings. The smallest absolute Gasteiger partial charge is 0.261 e. The van der Waals surface area contributed by atoms with Crippen LogP contribution < -0.4 is 14.8 Å². The number of amides is 1. The number of methoxy groups -OCH3 is 2. The maximum Gasteiger partial charge on any atom is 0.261 e. The van der Waals surface area contributed by atoms with Gasteiger partial charge in [-0.15, -0.1) is 24.0 Å². The van der Waals surface area contributed by atoms with Crippen LogP contribution in [-0.2, 0) is 6.42 Å². The number of hydrogen-bond donors (Lipinski definition) is 2. The molecule has 0 atom stereocenters. The highest BCUT2D eigenvalue weighted by Gasteiger charge is 2.08. The van der Waals surface area contributed by atoms with Gasteiger partial charge in [-0.1, -0.05) is 6.07 Å². The van der Waals surface area contributed by atoms with E-state index in [9.17, 15) is 4.79 Å². The van der Waals surface area contributed by atoms with Gasteiger partial charge in [-0.25, -0.2) is 0 Å². The van der Waals surface area contributed by atoms with Gasteiger partial charge in [0.2, 0.25) is 0 Å². The monoisotopic (exact) mass is 323 g/mol. The van der Waals surface area contributed by atoms with Crippen molar-refractivity contribution in [3.8, 4) is 11.5 Å². The highest BCUT2D eigenvalue weighted by molar-refractivity contribution is 7.80. The molecule has 112 valence electrons. The first-order valence-corrected chi connectivity index (χ1v) is 7.73. The third kappa shape index (κ3) is 4.15. The van der Waals surface area contributed by atoms with E-state index in [-0.39, 0.29) is 5.91 Å². The first kappa shape index (κ1) is 15.7. The van der Waals surface area contributed by atoms with Gasteiger partial charge in [0.15, 0.2) is 11.5 Å². The molecule has 1 heterocycles. The molecule has 2 aromatic rings. The van der Waals surface area contributed by atoms with Crippen LogP contribution in [0.2, 0.25) is 0 Å². The summed E-state index contributed by atoms with van der Waals surface area (Å²) in [5, 5.41) is 4.73. The minimum atomic E-state index is -0.0687. The predicted octanol–water partition coefficient (Wildman–Crippen LogP) is 3.03. The molecule has 1 aromatic heterocycles. The Morgan fingerprint density at radius 1 is 1.24 bits per heavy atom. The van der Waals surface area contributed by atoms with Crippen molar-refractivity contribution >= 4 is 29.9 Å². The van der Waals surface area contributed by atoms with E-state index in [1.165, 1.54) is 11.3 Å². The van der Waals surface area contributed by atoms with Crippen LogP contribution in [0.15, 0.2) is 34.5 Å². The SMILES string of the molecule is COc1ccc(CCNC(=O)c2cc(S)cs2)cc1OC. The summed E-state index contributed by atoms with van der Waals surface area (Å²) in [7, 11) is 3.21. The molecule has 0 bridgehead atoms.